The van der Waals surface area contributed by atoms with Gasteiger partial charge in [0.25, 0.3) is 5.91 Å². The van der Waals surface area contributed by atoms with Gasteiger partial charge in [-0.3, -0.25) is 4.79 Å². The third-order valence-corrected chi connectivity index (χ3v) is 6.10. The highest BCUT2D eigenvalue weighted by Crippen LogP contribution is 2.25. The average Bonchev–Trinajstić information content (AvgIpc) is 2.59. The zero-order valence-corrected chi connectivity index (χ0v) is 15.1. The number of benzene rings is 2. The van der Waals surface area contributed by atoms with Crippen molar-refractivity contribution in [2.75, 3.05) is 11.9 Å². The van der Waals surface area contributed by atoms with Gasteiger partial charge >= 0.3 is 0 Å². The summed E-state index contributed by atoms with van der Waals surface area (Å²) in [5.41, 5.74) is -1.48. The summed E-state index contributed by atoms with van der Waals surface area (Å²) >= 11 is 0. The zero-order chi connectivity index (χ0) is 21.2. The molecule has 5 nitrogen and oxygen atoms in total. The van der Waals surface area contributed by atoms with E-state index in [1.165, 1.54) is 6.92 Å². The number of sulfone groups is 1. The van der Waals surface area contributed by atoms with E-state index in [0.29, 0.717) is 18.2 Å². The van der Waals surface area contributed by atoms with Crippen LogP contribution < -0.4 is 5.32 Å². The molecule has 0 spiro atoms. The zero-order valence-electron chi connectivity index (χ0n) is 14.3. The lowest BCUT2D eigenvalue weighted by Gasteiger charge is -2.14. The molecular weight excluding hydrogens is 409 g/mol. The van der Waals surface area contributed by atoms with Crippen LogP contribution in [0.1, 0.15) is 23.7 Å². The number of anilines is 1. The molecule has 0 aliphatic carbocycles. The Morgan fingerprint density at radius 2 is 1.57 bits per heavy atom. The fourth-order valence-corrected chi connectivity index (χ4v) is 3.76. The largest absolute Gasteiger partial charge is 0.396 e. The minimum atomic E-state index is -4.35. The fraction of sp³-hybridized carbons (Fsp3) is 0.235. The SMILES string of the molecule is CC(CCO)S(=O)(=O)c1cc(C(=O)Nc2cc(F)c(F)c(F)c2)c(F)cc1F. The quantitative estimate of drug-likeness (QED) is 0.425. The van der Waals surface area contributed by atoms with Crippen molar-refractivity contribution in [2.24, 2.45) is 0 Å². The Hall–Kier alpha value is -2.53. The van der Waals surface area contributed by atoms with Crippen LogP contribution in [0.15, 0.2) is 29.2 Å². The predicted molar refractivity (Wildman–Crippen MR) is 89.0 cm³/mol. The molecule has 0 saturated carbocycles. The van der Waals surface area contributed by atoms with Crippen LogP contribution in [0.3, 0.4) is 0 Å². The Kier molecular flexibility index (Phi) is 6.40. The lowest BCUT2D eigenvalue weighted by molar-refractivity contribution is 0.102. The molecule has 0 fully saturated rings. The van der Waals surface area contributed by atoms with Crippen molar-refractivity contribution in [3.05, 3.63) is 58.9 Å². The van der Waals surface area contributed by atoms with Gasteiger partial charge in [-0.2, -0.15) is 0 Å². The maximum Gasteiger partial charge on any atom is 0.258 e. The van der Waals surface area contributed by atoms with E-state index < -0.39 is 72.8 Å². The van der Waals surface area contributed by atoms with Gasteiger partial charge in [-0.1, -0.05) is 0 Å². The number of nitrogens with one attached hydrogen (secondary N) is 1. The van der Waals surface area contributed by atoms with Gasteiger partial charge < -0.3 is 10.4 Å². The third-order valence-electron chi connectivity index (χ3n) is 3.88. The second kappa shape index (κ2) is 8.23. The van der Waals surface area contributed by atoms with Crippen LogP contribution in [-0.4, -0.2) is 31.3 Å². The van der Waals surface area contributed by atoms with Crippen LogP contribution in [0.5, 0.6) is 0 Å². The minimum absolute atomic E-state index is 0.180. The molecule has 0 aliphatic heterocycles. The van der Waals surface area contributed by atoms with Crippen molar-refractivity contribution in [1.82, 2.24) is 0 Å². The van der Waals surface area contributed by atoms with E-state index in [9.17, 15) is 35.2 Å². The van der Waals surface area contributed by atoms with Crippen LogP contribution in [-0.2, 0) is 9.84 Å². The molecule has 1 atom stereocenters. The van der Waals surface area contributed by atoms with E-state index in [-0.39, 0.29) is 12.5 Å². The van der Waals surface area contributed by atoms with Crippen molar-refractivity contribution >= 4 is 21.4 Å². The maximum absolute atomic E-state index is 14.0. The van der Waals surface area contributed by atoms with Gasteiger partial charge in [0.05, 0.1) is 10.8 Å². The number of rotatable bonds is 6. The molecule has 0 bridgehead atoms. The summed E-state index contributed by atoms with van der Waals surface area (Å²) in [5, 5.41) is 9.51. The summed E-state index contributed by atoms with van der Waals surface area (Å²) in [6, 6.07) is 1.48. The first-order valence-electron chi connectivity index (χ1n) is 7.78. The number of halogens is 5. The number of amides is 1. The molecule has 1 unspecified atom stereocenters. The number of hydrogen-bond donors (Lipinski definition) is 2. The van der Waals surface area contributed by atoms with Crippen LogP contribution in [0.4, 0.5) is 27.6 Å². The van der Waals surface area contributed by atoms with Crippen molar-refractivity contribution < 1.29 is 40.3 Å². The monoisotopic (exact) mass is 423 g/mol. The van der Waals surface area contributed by atoms with E-state index >= 15 is 0 Å². The molecule has 0 radical (unpaired) electrons. The van der Waals surface area contributed by atoms with Gasteiger partial charge in [-0.25, -0.2) is 30.4 Å². The standard InChI is InChI=1S/C17H14F5NO4S/c1-8(2-3-24)28(26,27)15-6-10(11(18)7-12(15)19)17(25)23-9-4-13(20)16(22)14(21)5-9/h4-8,24H,2-3H2,1H3,(H,23,25). The van der Waals surface area contributed by atoms with E-state index in [1.807, 2.05) is 5.32 Å². The summed E-state index contributed by atoms with van der Waals surface area (Å²) in [5.74, 6) is -9.22. The van der Waals surface area contributed by atoms with Crippen LogP contribution in [0.25, 0.3) is 0 Å². The van der Waals surface area contributed by atoms with Crippen molar-refractivity contribution in [3.8, 4) is 0 Å². The molecule has 2 N–H and O–H groups in total. The maximum atomic E-state index is 14.0. The van der Waals surface area contributed by atoms with E-state index in [2.05, 4.69) is 0 Å². The lowest BCUT2D eigenvalue weighted by Crippen LogP contribution is -2.22. The van der Waals surface area contributed by atoms with Crippen molar-refractivity contribution in [2.45, 2.75) is 23.5 Å². The normalized spacial score (nSPS) is 12.7. The Balaban J connectivity index is 2.45. The molecule has 2 aromatic carbocycles. The number of aliphatic hydroxyl groups excluding tert-OH is 1. The van der Waals surface area contributed by atoms with Crippen LogP contribution >= 0.6 is 0 Å². The lowest BCUT2D eigenvalue weighted by atomic mass is 10.2. The molecule has 152 valence electrons. The first-order valence-corrected chi connectivity index (χ1v) is 9.33. The molecule has 0 aromatic heterocycles. The molecule has 2 rings (SSSR count). The average molecular weight is 423 g/mol. The second-order valence-corrected chi connectivity index (χ2v) is 8.17. The predicted octanol–water partition coefficient (Wildman–Crippen LogP) is 3.18. The summed E-state index contributed by atoms with van der Waals surface area (Å²) < 4.78 is 92.1. The molecule has 11 heteroatoms. The van der Waals surface area contributed by atoms with Gasteiger partial charge in [0.15, 0.2) is 27.3 Å². The molecule has 28 heavy (non-hydrogen) atoms. The van der Waals surface area contributed by atoms with Crippen LogP contribution in [0, 0.1) is 29.1 Å². The van der Waals surface area contributed by atoms with Crippen LogP contribution in [0.2, 0.25) is 0 Å². The van der Waals surface area contributed by atoms with Crippen molar-refractivity contribution in [1.29, 1.82) is 0 Å². The number of aliphatic hydroxyl groups is 1. The number of carbonyl (C=O) groups is 1. The summed E-state index contributed by atoms with van der Waals surface area (Å²) in [4.78, 5) is 11.2. The van der Waals surface area contributed by atoms with Gasteiger partial charge in [0, 0.05) is 30.5 Å². The summed E-state index contributed by atoms with van der Waals surface area (Å²) in [7, 11) is -4.35. The van der Waals surface area contributed by atoms with Crippen molar-refractivity contribution in [3.63, 3.8) is 0 Å². The third kappa shape index (κ3) is 4.30. The highest BCUT2D eigenvalue weighted by Gasteiger charge is 2.29. The highest BCUT2D eigenvalue weighted by molar-refractivity contribution is 7.92. The first kappa shape index (κ1) is 21.8. The van der Waals surface area contributed by atoms with Gasteiger partial charge in [0.2, 0.25) is 0 Å². The van der Waals surface area contributed by atoms with E-state index in [4.69, 9.17) is 5.11 Å². The Morgan fingerprint density at radius 1 is 1.00 bits per heavy atom. The van der Waals surface area contributed by atoms with E-state index in [1.54, 1.807) is 0 Å². The molecule has 0 heterocycles. The molecular formula is C17H14F5NO4S. The Bertz CT molecular complexity index is 1000. The highest BCUT2D eigenvalue weighted by atomic mass is 32.2. The molecule has 2 aromatic rings. The summed E-state index contributed by atoms with van der Waals surface area (Å²) in [6.07, 6.45) is -0.227. The topological polar surface area (TPSA) is 83.5 Å². The number of carbonyl (C=O) groups excluding carboxylic acids is 1. The Morgan fingerprint density at radius 3 is 2.11 bits per heavy atom. The van der Waals surface area contributed by atoms with E-state index in [0.717, 1.165) is 0 Å². The fourth-order valence-electron chi connectivity index (χ4n) is 2.30. The molecule has 0 aliphatic rings. The molecule has 1 amide bonds. The first-order chi connectivity index (χ1) is 13.0. The smallest absolute Gasteiger partial charge is 0.258 e. The molecule has 0 saturated heterocycles. The van der Waals surface area contributed by atoms with Gasteiger partial charge in [-0.15, -0.1) is 0 Å². The van der Waals surface area contributed by atoms with Gasteiger partial charge in [-0.05, 0) is 19.4 Å². The van der Waals surface area contributed by atoms with Gasteiger partial charge in [0.1, 0.15) is 16.5 Å². The number of hydrogen-bond acceptors (Lipinski definition) is 4. The second-order valence-electron chi connectivity index (χ2n) is 5.84. The minimum Gasteiger partial charge on any atom is -0.396 e. The summed E-state index contributed by atoms with van der Waals surface area (Å²) in [6.45, 7) is 0.691. The Labute approximate surface area is 156 Å².